The molecule has 0 aliphatic heterocycles. The molecular weight excluding hydrogens is 524 g/mol. The van der Waals surface area contributed by atoms with E-state index in [1.165, 1.54) is 0 Å². The lowest BCUT2D eigenvalue weighted by atomic mass is 10.1. The van der Waals surface area contributed by atoms with E-state index in [-0.39, 0.29) is 18.4 Å². The third-order valence-electron chi connectivity index (χ3n) is 4.46. The number of halogens is 2. The monoisotopic (exact) mass is 544 g/mol. The maximum atomic E-state index is 12.3. The van der Waals surface area contributed by atoms with Crippen LogP contribution in [0.15, 0.2) is 75.7 Å². The maximum absolute atomic E-state index is 12.3. The first-order valence-electron chi connectivity index (χ1n) is 9.73. The number of carbonyl (C=O) groups is 2. The van der Waals surface area contributed by atoms with E-state index < -0.39 is 0 Å². The van der Waals surface area contributed by atoms with Crippen LogP contribution in [0.5, 0.6) is 5.75 Å². The Morgan fingerprint density at radius 3 is 2.23 bits per heavy atom. The minimum atomic E-state index is -0.290. The molecule has 3 rings (SSSR count). The van der Waals surface area contributed by atoms with Gasteiger partial charge in [-0.15, -0.1) is 0 Å². The lowest BCUT2D eigenvalue weighted by molar-refractivity contribution is -0.118. The molecule has 160 valence electrons. The van der Waals surface area contributed by atoms with Crippen molar-refractivity contribution in [1.82, 2.24) is 0 Å². The molecular formula is C24H22Br2N2O3. The van der Waals surface area contributed by atoms with Crippen molar-refractivity contribution >= 4 is 55.0 Å². The second-order valence-electron chi connectivity index (χ2n) is 6.99. The Balaban J connectivity index is 1.51. The fourth-order valence-electron chi connectivity index (χ4n) is 3.01. The lowest BCUT2D eigenvalue weighted by Crippen LogP contribution is -2.20. The highest BCUT2D eigenvalue weighted by Crippen LogP contribution is 2.32. The summed E-state index contributed by atoms with van der Waals surface area (Å²) in [5.74, 6) is 0.255. The Hall–Kier alpha value is -2.64. The molecule has 0 bridgehead atoms. The van der Waals surface area contributed by atoms with Crippen molar-refractivity contribution in [2.75, 3.05) is 17.2 Å². The van der Waals surface area contributed by atoms with Gasteiger partial charge in [-0.2, -0.15) is 0 Å². The number of amides is 2. The largest absolute Gasteiger partial charge is 0.482 e. The van der Waals surface area contributed by atoms with E-state index in [1.54, 1.807) is 24.3 Å². The van der Waals surface area contributed by atoms with Crippen LogP contribution in [0.2, 0.25) is 0 Å². The third kappa shape index (κ3) is 7.22. The fourth-order valence-corrected chi connectivity index (χ4v) is 4.56. The minimum absolute atomic E-state index is 0.0776. The summed E-state index contributed by atoms with van der Waals surface area (Å²) in [4.78, 5) is 24.6. The molecule has 2 N–H and O–H groups in total. The molecule has 3 aromatic carbocycles. The van der Waals surface area contributed by atoms with Crippen LogP contribution in [0.4, 0.5) is 11.4 Å². The van der Waals surface area contributed by atoms with Crippen molar-refractivity contribution in [3.63, 3.8) is 0 Å². The number of nitrogens with one attached hydrogen (secondary N) is 2. The van der Waals surface area contributed by atoms with E-state index in [2.05, 4.69) is 42.5 Å². The molecule has 0 aliphatic carbocycles. The summed E-state index contributed by atoms with van der Waals surface area (Å²) >= 11 is 6.87. The molecule has 0 unspecified atom stereocenters. The van der Waals surface area contributed by atoms with Gasteiger partial charge in [-0.25, -0.2) is 0 Å². The zero-order valence-corrected chi connectivity index (χ0v) is 20.1. The van der Waals surface area contributed by atoms with Crippen molar-refractivity contribution in [2.24, 2.45) is 0 Å². The van der Waals surface area contributed by atoms with Crippen molar-refractivity contribution in [3.05, 3.63) is 86.8 Å². The number of hydrogen-bond donors (Lipinski definition) is 2. The lowest BCUT2D eigenvalue weighted by Gasteiger charge is -2.12. The van der Waals surface area contributed by atoms with Crippen LogP contribution in [0.3, 0.4) is 0 Å². The average Bonchev–Trinajstić information content (AvgIpc) is 2.72. The van der Waals surface area contributed by atoms with Gasteiger partial charge in [0, 0.05) is 22.3 Å². The normalized spacial score (nSPS) is 10.4. The summed E-state index contributed by atoms with van der Waals surface area (Å²) in [5, 5.41) is 5.67. The van der Waals surface area contributed by atoms with Gasteiger partial charge < -0.3 is 15.4 Å². The highest BCUT2D eigenvalue weighted by molar-refractivity contribution is 9.11. The molecule has 0 saturated carbocycles. The summed E-state index contributed by atoms with van der Waals surface area (Å²) in [7, 11) is 0. The van der Waals surface area contributed by atoms with Gasteiger partial charge in [0.25, 0.3) is 5.91 Å². The van der Waals surface area contributed by atoms with Gasteiger partial charge in [0.15, 0.2) is 6.61 Å². The van der Waals surface area contributed by atoms with Gasteiger partial charge in [-0.05, 0) is 70.7 Å². The summed E-state index contributed by atoms with van der Waals surface area (Å²) in [6.07, 6.45) is 1.06. The maximum Gasteiger partial charge on any atom is 0.262 e. The summed E-state index contributed by atoms with van der Waals surface area (Å²) in [5.41, 5.74) is 3.24. The fraction of sp³-hybridized carbons (Fsp3) is 0.167. The van der Waals surface area contributed by atoms with Crippen LogP contribution in [-0.2, 0) is 16.0 Å². The zero-order chi connectivity index (χ0) is 22.2. The predicted octanol–water partition coefficient (Wildman–Crippen LogP) is 6.11. The van der Waals surface area contributed by atoms with Crippen LogP contribution in [0.25, 0.3) is 0 Å². The first kappa shape index (κ1) is 23.0. The van der Waals surface area contributed by atoms with Crippen molar-refractivity contribution in [1.29, 1.82) is 0 Å². The van der Waals surface area contributed by atoms with E-state index >= 15 is 0 Å². The molecule has 0 aliphatic rings. The van der Waals surface area contributed by atoms with Gasteiger partial charge in [-0.3, -0.25) is 9.59 Å². The molecule has 5 nitrogen and oxygen atoms in total. The molecule has 0 spiro atoms. The number of benzene rings is 3. The highest BCUT2D eigenvalue weighted by Gasteiger charge is 2.11. The number of aryl methyl sites for hydroxylation is 2. The molecule has 0 fully saturated rings. The number of ether oxygens (including phenoxy) is 1. The molecule has 3 aromatic rings. The third-order valence-corrected chi connectivity index (χ3v) is 5.50. The summed E-state index contributed by atoms with van der Waals surface area (Å²) in [6.45, 7) is 1.78. The number of rotatable bonds is 8. The molecule has 0 heterocycles. The van der Waals surface area contributed by atoms with E-state index in [1.807, 2.05) is 49.4 Å². The zero-order valence-electron chi connectivity index (χ0n) is 17.0. The highest BCUT2D eigenvalue weighted by atomic mass is 79.9. The number of carbonyl (C=O) groups excluding carboxylic acids is 2. The van der Waals surface area contributed by atoms with Crippen LogP contribution < -0.4 is 15.4 Å². The SMILES string of the molecule is Cc1cc(Br)cc(Br)c1OCC(=O)Nc1cccc(NC(=O)CCc2ccccc2)c1. The summed E-state index contributed by atoms with van der Waals surface area (Å²) < 4.78 is 7.37. The summed E-state index contributed by atoms with van der Waals surface area (Å²) in [6, 6.07) is 20.7. The number of hydrogen-bond acceptors (Lipinski definition) is 3. The van der Waals surface area contributed by atoms with Crippen LogP contribution in [-0.4, -0.2) is 18.4 Å². The minimum Gasteiger partial charge on any atom is -0.482 e. The number of anilines is 2. The molecule has 0 saturated heterocycles. The smallest absolute Gasteiger partial charge is 0.262 e. The molecule has 31 heavy (non-hydrogen) atoms. The van der Waals surface area contributed by atoms with Gasteiger partial charge in [0.2, 0.25) is 5.91 Å². The van der Waals surface area contributed by atoms with Crippen molar-refractivity contribution < 1.29 is 14.3 Å². The Morgan fingerprint density at radius 1 is 0.871 bits per heavy atom. The van der Waals surface area contributed by atoms with E-state index in [0.717, 1.165) is 20.1 Å². The quantitative estimate of drug-likeness (QED) is 0.359. The Bertz CT molecular complexity index is 1050. The van der Waals surface area contributed by atoms with Crippen molar-refractivity contribution in [3.8, 4) is 5.75 Å². The second-order valence-corrected chi connectivity index (χ2v) is 8.76. The second kappa shape index (κ2) is 11.1. The Kier molecular flexibility index (Phi) is 8.26. The Labute approximate surface area is 198 Å². The van der Waals surface area contributed by atoms with Gasteiger partial charge >= 0.3 is 0 Å². The predicted molar refractivity (Wildman–Crippen MR) is 131 cm³/mol. The van der Waals surface area contributed by atoms with Gasteiger partial charge in [0.1, 0.15) is 5.75 Å². The molecule has 0 aromatic heterocycles. The topological polar surface area (TPSA) is 67.4 Å². The molecule has 0 radical (unpaired) electrons. The standard InChI is InChI=1S/C24H22Br2N2O3/c1-16-12-18(25)13-21(26)24(16)31-15-23(30)28-20-9-5-8-19(14-20)27-22(29)11-10-17-6-3-2-4-7-17/h2-9,12-14H,10-11,15H2,1H3,(H,27,29)(H,28,30). The first-order valence-corrected chi connectivity index (χ1v) is 11.3. The van der Waals surface area contributed by atoms with Crippen molar-refractivity contribution in [2.45, 2.75) is 19.8 Å². The van der Waals surface area contributed by atoms with Crippen LogP contribution in [0.1, 0.15) is 17.5 Å². The van der Waals surface area contributed by atoms with E-state index in [9.17, 15) is 9.59 Å². The average molecular weight is 546 g/mol. The molecule has 7 heteroatoms. The first-order chi connectivity index (χ1) is 14.9. The molecule has 2 amide bonds. The van der Waals surface area contributed by atoms with Crippen LogP contribution >= 0.6 is 31.9 Å². The van der Waals surface area contributed by atoms with E-state index in [0.29, 0.717) is 30.0 Å². The Morgan fingerprint density at radius 2 is 1.55 bits per heavy atom. The van der Waals surface area contributed by atoms with Gasteiger partial charge in [0.05, 0.1) is 4.47 Å². The molecule has 0 atom stereocenters. The van der Waals surface area contributed by atoms with Crippen LogP contribution in [0, 0.1) is 6.92 Å². The van der Waals surface area contributed by atoms with E-state index in [4.69, 9.17) is 4.74 Å². The van der Waals surface area contributed by atoms with Gasteiger partial charge in [-0.1, -0.05) is 52.3 Å².